The topological polar surface area (TPSA) is 63.0 Å². The van der Waals surface area contributed by atoms with Crippen LogP contribution in [0.1, 0.15) is 44.1 Å². The van der Waals surface area contributed by atoms with Gasteiger partial charge in [0.1, 0.15) is 0 Å². The summed E-state index contributed by atoms with van der Waals surface area (Å²) in [6.07, 6.45) is 12.2. The first-order valence-electron chi connectivity index (χ1n) is 8.52. The lowest BCUT2D eigenvalue weighted by Crippen LogP contribution is -2.39. The maximum Gasteiger partial charge on any atom is 0.0983 e. The van der Waals surface area contributed by atoms with Gasteiger partial charge in [-0.3, -0.25) is 9.67 Å². The molecule has 5 nitrogen and oxygen atoms in total. The van der Waals surface area contributed by atoms with E-state index in [0.29, 0.717) is 13.1 Å². The number of pyridine rings is 1. The molecule has 0 amide bonds. The Bertz CT molecular complexity index is 615. The Labute approximate surface area is 137 Å². The van der Waals surface area contributed by atoms with Gasteiger partial charge in [-0.1, -0.05) is 25.7 Å². The Hall–Kier alpha value is -1.72. The van der Waals surface area contributed by atoms with Crippen molar-refractivity contribution in [2.45, 2.75) is 50.7 Å². The Kier molecular flexibility index (Phi) is 5.08. The molecule has 3 rings (SSSR count). The van der Waals surface area contributed by atoms with Crippen molar-refractivity contribution in [3.63, 3.8) is 0 Å². The van der Waals surface area contributed by atoms with E-state index in [0.717, 1.165) is 42.5 Å². The van der Waals surface area contributed by atoms with E-state index in [-0.39, 0.29) is 0 Å². The highest BCUT2D eigenvalue weighted by Gasteiger charge is 2.27. The van der Waals surface area contributed by atoms with Crippen LogP contribution in [0.15, 0.2) is 30.7 Å². The molecule has 2 aromatic heterocycles. The standard InChI is InChI=1S/C18H26N4O/c1-22-13-16(17(21-22)15-7-6-10-19-11-15)12-20-14-18(23)8-4-2-3-5-9-18/h6-7,10-11,13,20,23H,2-5,8-9,12,14H2,1H3. The quantitative estimate of drug-likeness (QED) is 0.833. The number of hydrogen-bond acceptors (Lipinski definition) is 4. The van der Waals surface area contributed by atoms with Crippen LogP contribution in [0.25, 0.3) is 11.3 Å². The molecule has 5 heteroatoms. The van der Waals surface area contributed by atoms with Crippen LogP contribution in [0.2, 0.25) is 0 Å². The predicted octanol–water partition coefficient (Wildman–Crippen LogP) is 2.66. The molecule has 0 bridgehead atoms. The third-order valence-corrected chi connectivity index (χ3v) is 4.64. The zero-order valence-corrected chi connectivity index (χ0v) is 13.8. The van der Waals surface area contributed by atoms with E-state index in [2.05, 4.69) is 15.4 Å². The summed E-state index contributed by atoms with van der Waals surface area (Å²) in [6, 6.07) is 3.95. The van der Waals surface area contributed by atoms with E-state index in [9.17, 15) is 5.11 Å². The minimum absolute atomic E-state index is 0.548. The Morgan fingerprint density at radius 1 is 1.26 bits per heavy atom. The van der Waals surface area contributed by atoms with Crippen LogP contribution in [-0.2, 0) is 13.6 Å². The summed E-state index contributed by atoms with van der Waals surface area (Å²) in [4.78, 5) is 4.18. The highest BCUT2D eigenvalue weighted by molar-refractivity contribution is 5.61. The number of nitrogens with one attached hydrogen (secondary N) is 1. The van der Waals surface area contributed by atoms with E-state index >= 15 is 0 Å². The molecule has 2 aromatic rings. The van der Waals surface area contributed by atoms with Crippen molar-refractivity contribution >= 4 is 0 Å². The molecule has 1 aliphatic rings. The molecular formula is C18H26N4O. The molecule has 0 aliphatic heterocycles. The van der Waals surface area contributed by atoms with E-state index < -0.39 is 5.60 Å². The van der Waals surface area contributed by atoms with Crippen molar-refractivity contribution in [2.75, 3.05) is 6.54 Å². The third-order valence-electron chi connectivity index (χ3n) is 4.64. The van der Waals surface area contributed by atoms with Gasteiger partial charge in [-0.2, -0.15) is 5.10 Å². The van der Waals surface area contributed by atoms with Crippen LogP contribution in [-0.4, -0.2) is 32.0 Å². The number of aromatic nitrogens is 3. The molecule has 0 aromatic carbocycles. The van der Waals surface area contributed by atoms with Crippen molar-refractivity contribution in [3.05, 3.63) is 36.3 Å². The second-order valence-electron chi connectivity index (χ2n) is 6.66. The summed E-state index contributed by atoms with van der Waals surface area (Å²) < 4.78 is 1.83. The first kappa shape index (κ1) is 16.1. The van der Waals surface area contributed by atoms with Gasteiger partial charge in [0.2, 0.25) is 0 Å². The highest BCUT2D eigenvalue weighted by Crippen LogP contribution is 2.27. The smallest absolute Gasteiger partial charge is 0.0983 e. The summed E-state index contributed by atoms with van der Waals surface area (Å²) in [5.74, 6) is 0. The number of aliphatic hydroxyl groups is 1. The number of aryl methyl sites for hydroxylation is 1. The fourth-order valence-corrected chi connectivity index (χ4v) is 3.41. The molecule has 0 atom stereocenters. The molecule has 1 fully saturated rings. The SMILES string of the molecule is Cn1cc(CNCC2(O)CCCCCC2)c(-c2cccnc2)n1. The first-order valence-corrected chi connectivity index (χ1v) is 8.52. The van der Waals surface area contributed by atoms with Gasteiger partial charge >= 0.3 is 0 Å². The lowest BCUT2D eigenvalue weighted by molar-refractivity contribution is 0.0250. The molecule has 1 saturated carbocycles. The van der Waals surface area contributed by atoms with Gasteiger partial charge in [0, 0.05) is 49.9 Å². The van der Waals surface area contributed by atoms with E-state index in [4.69, 9.17) is 0 Å². The minimum Gasteiger partial charge on any atom is -0.389 e. The lowest BCUT2D eigenvalue weighted by atomic mass is 9.94. The summed E-state index contributed by atoms with van der Waals surface area (Å²) >= 11 is 0. The number of hydrogen-bond donors (Lipinski definition) is 2. The number of nitrogens with zero attached hydrogens (tertiary/aromatic N) is 3. The molecular weight excluding hydrogens is 288 g/mol. The predicted molar refractivity (Wildman–Crippen MR) is 90.8 cm³/mol. The maximum atomic E-state index is 10.7. The summed E-state index contributed by atoms with van der Waals surface area (Å²) in [7, 11) is 1.93. The van der Waals surface area contributed by atoms with Crippen LogP contribution >= 0.6 is 0 Å². The normalized spacial score (nSPS) is 17.8. The Balaban J connectivity index is 1.64. The van der Waals surface area contributed by atoms with Crippen molar-refractivity contribution < 1.29 is 5.11 Å². The molecule has 1 aliphatic carbocycles. The lowest BCUT2D eigenvalue weighted by Gasteiger charge is -2.27. The molecule has 2 N–H and O–H groups in total. The molecule has 0 unspecified atom stereocenters. The fourth-order valence-electron chi connectivity index (χ4n) is 3.41. The zero-order chi connectivity index (χ0) is 16.1. The highest BCUT2D eigenvalue weighted by atomic mass is 16.3. The Morgan fingerprint density at radius 2 is 2.04 bits per heavy atom. The minimum atomic E-state index is -0.548. The molecule has 0 saturated heterocycles. The first-order chi connectivity index (χ1) is 11.2. The second-order valence-corrected chi connectivity index (χ2v) is 6.66. The van der Waals surface area contributed by atoms with E-state index in [1.807, 2.05) is 36.3 Å². The van der Waals surface area contributed by atoms with Gasteiger partial charge in [0.25, 0.3) is 0 Å². The van der Waals surface area contributed by atoms with Gasteiger partial charge in [0.15, 0.2) is 0 Å². The van der Waals surface area contributed by atoms with Crippen LogP contribution in [0, 0.1) is 0 Å². The van der Waals surface area contributed by atoms with Gasteiger partial charge < -0.3 is 10.4 Å². The zero-order valence-electron chi connectivity index (χ0n) is 13.8. The summed E-state index contributed by atoms with van der Waals surface area (Å²) in [6.45, 7) is 1.36. The number of rotatable bonds is 5. The van der Waals surface area contributed by atoms with Crippen LogP contribution < -0.4 is 5.32 Å². The van der Waals surface area contributed by atoms with Gasteiger partial charge in [-0.25, -0.2) is 0 Å². The average molecular weight is 314 g/mol. The monoisotopic (exact) mass is 314 g/mol. The van der Waals surface area contributed by atoms with Crippen LogP contribution in [0.3, 0.4) is 0 Å². The van der Waals surface area contributed by atoms with Gasteiger partial charge in [0.05, 0.1) is 11.3 Å². The molecule has 2 heterocycles. The Morgan fingerprint density at radius 3 is 2.74 bits per heavy atom. The van der Waals surface area contributed by atoms with E-state index in [1.165, 1.54) is 12.8 Å². The van der Waals surface area contributed by atoms with Crippen LogP contribution in [0.4, 0.5) is 0 Å². The van der Waals surface area contributed by atoms with E-state index in [1.54, 1.807) is 6.20 Å². The molecule has 23 heavy (non-hydrogen) atoms. The fraction of sp³-hybridized carbons (Fsp3) is 0.556. The second kappa shape index (κ2) is 7.23. The summed E-state index contributed by atoms with van der Waals surface area (Å²) in [5, 5.41) is 18.7. The molecule has 124 valence electrons. The molecule has 0 radical (unpaired) electrons. The molecule has 0 spiro atoms. The third kappa shape index (κ3) is 4.18. The van der Waals surface area contributed by atoms with Gasteiger partial charge in [-0.15, -0.1) is 0 Å². The summed E-state index contributed by atoms with van der Waals surface area (Å²) in [5.41, 5.74) is 2.57. The van der Waals surface area contributed by atoms with Crippen LogP contribution in [0.5, 0.6) is 0 Å². The van der Waals surface area contributed by atoms with Crippen molar-refractivity contribution in [3.8, 4) is 11.3 Å². The van der Waals surface area contributed by atoms with Gasteiger partial charge in [-0.05, 0) is 25.0 Å². The van der Waals surface area contributed by atoms with Crippen molar-refractivity contribution in [1.82, 2.24) is 20.1 Å². The van der Waals surface area contributed by atoms with Crippen molar-refractivity contribution in [1.29, 1.82) is 0 Å². The van der Waals surface area contributed by atoms with Crippen molar-refractivity contribution in [2.24, 2.45) is 7.05 Å². The maximum absolute atomic E-state index is 10.7. The average Bonchev–Trinajstić information content (AvgIpc) is 2.78. The largest absolute Gasteiger partial charge is 0.389 e.